The molecule has 1 aliphatic rings. The van der Waals surface area contributed by atoms with Gasteiger partial charge in [0.15, 0.2) is 0 Å². The van der Waals surface area contributed by atoms with Crippen LogP contribution in [0.5, 0.6) is 5.75 Å². The van der Waals surface area contributed by atoms with Gasteiger partial charge in [-0.1, -0.05) is 12.1 Å². The second kappa shape index (κ2) is 8.11. The topological polar surface area (TPSA) is 130 Å². The molecule has 150 valence electrons. The van der Waals surface area contributed by atoms with Gasteiger partial charge in [0.25, 0.3) is 17.4 Å². The van der Waals surface area contributed by atoms with Gasteiger partial charge in [-0.25, -0.2) is 0 Å². The number of nitrogens with zero attached hydrogens (tertiary/aromatic N) is 2. The summed E-state index contributed by atoms with van der Waals surface area (Å²) in [5.41, 5.74) is 0.140. The molecule has 1 amide bonds. The van der Waals surface area contributed by atoms with Crippen molar-refractivity contribution in [2.45, 2.75) is 6.04 Å². The predicted molar refractivity (Wildman–Crippen MR) is 102 cm³/mol. The van der Waals surface area contributed by atoms with E-state index in [1.165, 1.54) is 43.5 Å². The van der Waals surface area contributed by atoms with Crippen molar-refractivity contribution in [1.82, 2.24) is 4.90 Å². The van der Waals surface area contributed by atoms with E-state index in [0.29, 0.717) is 5.75 Å². The molecule has 3 rings (SSSR count). The van der Waals surface area contributed by atoms with E-state index in [1.807, 2.05) is 0 Å². The lowest BCUT2D eigenvalue weighted by Gasteiger charge is -2.24. The first-order chi connectivity index (χ1) is 13.9. The highest BCUT2D eigenvalue weighted by atomic mass is 16.6. The number of benzene rings is 2. The van der Waals surface area contributed by atoms with Crippen LogP contribution in [-0.4, -0.2) is 52.0 Å². The summed E-state index contributed by atoms with van der Waals surface area (Å²) in [7, 11) is 1.48. The molecule has 1 saturated heterocycles. The third kappa shape index (κ3) is 3.67. The van der Waals surface area contributed by atoms with E-state index in [0.717, 1.165) is 4.90 Å². The molecule has 29 heavy (non-hydrogen) atoms. The van der Waals surface area contributed by atoms with Gasteiger partial charge >= 0.3 is 0 Å². The molecule has 0 bridgehead atoms. The minimum atomic E-state index is -1.07. The zero-order valence-electron chi connectivity index (χ0n) is 15.4. The fourth-order valence-corrected chi connectivity index (χ4v) is 3.28. The van der Waals surface area contributed by atoms with Crippen molar-refractivity contribution in [3.05, 3.63) is 75.3 Å². The lowest BCUT2D eigenvalue weighted by Crippen LogP contribution is -2.32. The van der Waals surface area contributed by atoms with Gasteiger partial charge in [-0.3, -0.25) is 19.7 Å². The lowest BCUT2D eigenvalue weighted by atomic mass is 9.95. The monoisotopic (exact) mass is 398 g/mol. The van der Waals surface area contributed by atoms with Crippen LogP contribution in [0.25, 0.3) is 5.76 Å². The highest BCUT2D eigenvalue weighted by Crippen LogP contribution is 2.40. The van der Waals surface area contributed by atoms with E-state index in [-0.39, 0.29) is 28.9 Å². The first kappa shape index (κ1) is 20.0. The Balaban J connectivity index is 2.18. The zero-order chi connectivity index (χ0) is 21.1. The average Bonchev–Trinajstić information content (AvgIpc) is 2.98. The second-order valence-electron chi connectivity index (χ2n) is 6.30. The molecule has 0 radical (unpaired) electrons. The Morgan fingerprint density at radius 3 is 2.48 bits per heavy atom. The van der Waals surface area contributed by atoms with Crippen molar-refractivity contribution in [1.29, 1.82) is 0 Å². The number of methoxy groups -OCH3 is 1. The van der Waals surface area contributed by atoms with E-state index in [9.17, 15) is 29.9 Å². The Labute approximate surface area is 165 Å². The van der Waals surface area contributed by atoms with Gasteiger partial charge in [0.05, 0.1) is 30.3 Å². The van der Waals surface area contributed by atoms with E-state index >= 15 is 0 Å². The number of ketones is 1. The Kier molecular flexibility index (Phi) is 5.60. The van der Waals surface area contributed by atoms with Gasteiger partial charge in [-0.15, -0.1) is 0 Å². The van der Waals surface area contributed by atoms with E-state index in [2.05, 4.69) is 0 Å². The number of nitro benzene ring substituents is 1. The van der Waals surface area contributed by atoms with Gasteiger partial charge in [-0.05, 0) is 29.8 Å². The van der Waals surface area contributed by atoms with Crippen LogP contribution in [0, 0.1) is 10.1 Å². The highest BCUT2D eigenvalue weighted by Gasteiger charge is 2.46. The molecular weight excluding hydrogens is 380 g/mol. The molecule has 1 aliphatic heterocycles. The van der Waals surface area contributed by atoms with Crippen LogP contribution < -0.4 is 4.74 Å². The smallest absolute Gasteiger partial charge is 0.295 e. The minimum Gasteiger partial charge on any atom is -0.507 e. The summed E-state index contributed by atoms with van der Waals surface area (Å²) in [6, 6.07) is 10.6. The number of non-ortho nitro benzene ring substituents is 1. The molecular formula is C20H18N2O7. The number of rotatable bonds is 6. The summed E-state index contributed by atoms with van der Waals surface area (Å²) in [6.45, 7) is -0.585. The van der Waals surface area contributed by atoms with Crippen molar-refractivity contribution >= 4 is 23.1 Å². The third-order valence-corrected chi connectivity index (χ3v) is 4.64. The first-order valence-corrected chi connectivity index (χ1v) is 8.67. The Bertz CT molecular complexity index is 998. The molecule has 0 spiro atoms. The van der Waals surface area contributed by atoms with Crippen LogP contribution in [-0.2, 0) is 9.59 Å². The zero-order valence-corrected chi connectivity index (χ0v) is 15.4. The molecule has 1 fully saturated rings. The van der Waals surface area contributed by atoms with Crippen LogP contribution in [0.3, 0.4) is 0 Å². The summed E-state index contributed by atoms with van der Waals surface area (Å²) in [6.07, 6.45) is 0. The van der Waals surface area contributed by atoms with E-state index < -0.39 is 35.0 Å². The first-order valence-electron chi connectivity index (χ1n) is 8.67. The minimum absolute atomic E-state index is 0.169. The number of ether oxygens (including phenoxy) is 1. The van der Waals surface area contributed by atoms with Gasteiger partial charge in [0, 0.05) is 24.2 Å². The molecule has 0 aliphatic carbocycles. The van der Waals surface area contributed by atoms with E-state index in [4.69, 9.17) is 4.74 Å². The van der Waals surface area contributed by atoms with Crippen LogP contribution in [0.15, 0.2) is 54.1 Å². The predicted octanol–water partition coefficient (Wildman–Crippen LogP) is 2.02. The maximum absolute atomic E-state index is 12.7. The number of hydrogen-bond donors (Lipinski definition) is 2. The quantitative estimate of drug-likeness (QED) is 0.250. The fraction of sp³-hybridized carbons (Fsp3) is 0.200. The number of amides is 1. The number of Topliss-reactive ketones (excluding diaryl/α,β-unsaturated/α-hetero) is 1. The molecule has 1 heterocycles. The van der Waals surface area contributed by atoms with Crippen LogP contribution in [0.1, 0.15) is 17.2 Å². The summed E-state index contributed by atoms with van der Waals surface area (Å²) < 4.78 is 5.07. The molecule has 2 N–H and O–H groups in total. The molecule has 9 nitrogen and oxygen atoms in total. The molecule has 0 aromatic heterocycles. The number of aliphatic hydroxyl groups excluding tert-OH is 2. The molecule has 2 aromatic rings. The molecule has 0 saturated carbocycles. The summed E-state index contributed by atoms with van der Waals surface area (Å²) in [4.78, 5) is 36.8. The normalized spacial score (nSPS) is 18.1. The Morgan fingerprint density at radius 1 is 1.21 bits per heavy atom. The maximum Gasteiger partial charge on any atom is 0.295 e. The van der Waals surface area contributed by atoms with Crippen molar-refractivity contribution in [3.63, 3.8) is 0 Å². The molecule has 1 atom stereocenters. The number of nitro groups is 1. The van der Waals surface area contributed by atoms with E-state index in [1.54, 1.807) is 12.1 Å². The fourth-order valence-electron chi connectivity index (χ4n) is 3.28. The Morgan fingerprint density at radius 2 is 1.90 bits per heavy atom. The lowest BCUT2D eigenvalue weighted by molar-refractivity contribution is -0.384. The SMILES string of the molecule is COc1ccc(/C(O)=C2\C(=O)C(=O)N(CCO)[C@H]2c2cccc([N+](=O)[O-])c2)cc1. The third-order valence-electron chi connectivity index (χ3n) is 4.64. The number of carbonyl (C=O) groups excluding carboxylic acids is 2. The van der Waals surface area contributed by atoms with Gasteiger partial charge in [0.2, 0.25) is 0 Å². The van der Waals surface area contributed by atoms with Gasteiger partial charge in [0.1, 0.15) is 11.5 Å². The molecule has 2 aromatic carbocycles. The van der Waals surface area contributed by atoms with Crippen LogP contribution >= 0.6 is 0 Å². The van der Waals surface area contributed by atoms with Gasteiger partial charge in [-0.2, -0.15) is 0 Å². The number of carbonyl (C=O) groups is 2. The molecule has 9 heteroatoms. The van der Waals surface area contributed by atoms with Crippen LogP contribution in [0.2, 0.25) is 0 Å². The average molecular weight is 398 g/mol. The number of hydrogen-bond acceptors (Lipinski definition) is 7. The second-order valence-corrected chi connectivity index (χ2v) is 6.30. The standard InChI is InChI=1S/C20H18N2O7/c1-29-15-7-5-12(6-8-15)18(24)16-17(21(9-10-23)20(26)19(16)25)13-3-2-4-14(11-13)22(27)28/h2-8,11,17,23-24H,9-10H2,1H3/b18-16+/t17-/m0/s1. The summed E-state index contributed by atoms with van der Waals surface area (Å²) >= 11 is 0. The number of aliphatic hydroxyl groups is 2. The van der Waals surface area contributed by atoms with Crippen LogP contribution in [0.4, 0.5) is 5.69 Å². The number of likely N-dealkylation sites (tertiary alicyclic amines) is 1. The summed E-state index contributed by atoms with van der Waals surface area (Å²) in [5.74, 6) is -1.70. The van der Waals surface area contributed by atoms with Crippen molar-refractivity contribution in [2.24, 2.45) is 0 Å². The van der Waals surface area contributed by atoms with Crippen molar-refractivity contribution in [2.75, 3.05) is 20.3 Å². The number of β-amino-alcohol motifs (C(OH)–C–C–N with tert-alkyl or cyclic N) is 1. The Hall–Kier alpha value is -3.72. The van der Waals surface area contributed by atoms with Crippen molar-refractivity contribution < 1.29 is 29.5 Å². The highest BCUT2D eigenvalue weighted by molar-refractivity contribution is 6.46. The van der Waals surface area contributed by atoms with Gasteiger partial charge < -0.3 is 19.8 Å². The largest absolute Gasteiger partial charge is 0.507 e. The maximum atomic E-state index is 12.7. The van der Waals surface area contributed by atoms with Crippen molar-refractivity contribution in [3.8, 4) is 5.75 Å². The summed E-state index contributed by atoms with van der Waals surface area (Å²) in [5, 5.41) is 31.3. The molecule has 0 unspecified atom stereocenters.